The van der Waals surface area contributed by atoms with E-state index in [1.807, 2.05) is 6.92 Å². The number of halogens is 1. The van der Waals surface area contributed by atoms with Crippen LogP contribution in [0.1, 0.15) is 41.8 Å². The Labute approximate surface area is 153 Å². The van der Waals surface area contributed by atoms with E-state index in [0.717, 1.165) is 34.4 Å². The van der Waals surface area contributed by atoms with Crippen molar-refractivity contribution in [1.29, 1.82) is 0 Å². The first kappa shape index (κ1) is 16.8. The first-order valence-corrected chi connectivity index (χ1v) is 10.2. The molecule has 1 aromatic carbocycles. The molecule has 2 atom stereocenters. The van der Waals surface area contributed by atoms with Crippen molar-refractivity contribution in [3.8, 4) is 0 Å². The summed E-state index contributed by atoms with van der Waals surface area (Å²) in [6, 6.07) is 6.39. The third-order valence-electron chi connectivity index (χ3n) is 4.70. The molecule has 0 radical (unpaired) electrons. The molecule has 0 saturated carbocycles. The quantitative estimate of drug-likeness (QED) is 0.649. The van der Waals surface area contributed by atoms with Crippen LogP contribution >= 0.6 is 23.1 Å². The minimum atomic E-state index is -0.247. The standard InChI is InChI=1S/C19H19FN2OS2/c1-10-3-8-14-15(9-10)25-19-16(14)18(23)21-17(22-19)11(2)24-13-6-4-12(20)5-7-13/h4-7,10-11H,3,8-9H2,1-2H3,(H,21,22,23)/t10-,11+/m0/s1. The lowest BCUT2D eigenvalue weighted by molar-refractivity contribution is 0.509. The Morgan fingerprint density at radius 2 is 2.12 bits per heavy atom. The van der Waals surface area contributed by atoms with Crippen molar-refractivity contribution in [2.75, 3.05) is 0 Å². The van der Waals surface area contributed by atoms with Crippen molar-refractivity contribution in [3.63, 3.8) is 0 Å². The highest BCUT2D eigenvalue weighted by Crippen LogP contribution is 2.37. The number of aryl methyl sites for hydroxylation is 1. The molecular weight excluding hydrogens is 355 g/mol. The van der Waals surface area contributed by atoms with E-state index in [2.05, 4.69) is 11.9 Å². The molecule has 0 spiro atoms. The molecule has 0 saturated heterocycles. The largest absolute Gasteiger partial charge is 0.309 e. The molecule has 4 rings (SSSR count). The predicted molar refractivity (Wildman–Crippen MR) is 102 cm³/mol. The smallest absolute Gasteiger partial charge is 0.259 e. The van der Waals surface area contributed by atoms with Crippen LogP contribution in [0, 0.1) is 11.7 Å². The molecule has 0 fully saturated rings. The fraction of sp³-hybridized carbons (Fsp3) is 0.368. The topological polar surface area (TPSA) is 45.8 Å². The number of hydrogen-bond donors (Lipinski definition) is 1. The van der Waals surface area contributed by atoms with Gasteiger partial charge in [-0.25, -0.2) is 9.37 Å². The van der Waals surface area contributed by atoms with E-state index in [4.69, 9.17) is 4.98 Å². The normalized spacial score (nSPS) is 18.3. The van der Waals surface area contributed by atoms with Crippen molar-refractivity contribution < 1.29 is 4.39 Å². The average Bonchev–Trinajstić information content (AvgIpc) is 2.94. The van der Waals surface area contributed by atoms with Crippen LogP contribution in [0.25, 0.3) is 10.2 Å². The lowest BCUT2D eigenvalue weighted by atomic mass is 9.89. The average molecular weight is 375 g/mol. The van der Waals surface area contributed by atoms with Gasteiger partial charge in [-0.05, 0) is 61.9 Å². The molecule has 1 aliphatic rings. The molecule has 2 heterocycles. The summed E-state index contributed by atoms with van der Waals surface area (Å²) >= 11 is 3.23. The van der Waals surface area contributed by atoms with Gasteiger partial charge < -0.3 is 4.98 Å². The summed E-state index contributed by atoms with van der Waals surface area (Å²) in [6.07, 6.45) is 3.16. The van der Waals surface area contributed by atoms with E-state index in [-0.39, 0.29) is 16.6 Å². The molecule has 1 aliphatic carbocycles. The summed E-state index contributed by atoms with van der Waals surface area (Å²) in [7, 11) is 0. The maximum atomic E-state index is 13.0. The van der Waals surface area contributed by atoms with Crippen LogP contribution in [0.2, 0.25) is 0 Å². The van der Waals surface area contributed by atoms with E-state index < -0.39 is 0 Å². The second kappa shape index (κ2) is 6.57. The van der Waals surface area contributed by atoms with E-state index >= 15 is 0 Å². The highest BCUT2D eigenvalue weighted by atomic mass is 32.2. The third kappa shape index (κ3) is 3.25. The number of nitrogens with zero attached hydrogens (tertiary/aromatic N) is 1. The van der Waals surface area contributed by atoms with Gasteiger partial charge in [-0.15, -0.1) is 23.1 Å². The van der Waals surface area contributed by atoms with E-state index in [9.17, 15) is 9.18 Å². The Balaban J connectivity index is 1.68. The van der Waals surface area contributed by atoms with Crippen molar-refractivity contribution in [3.05, 3.63) is 56.7 Å². The predicted octanol–water partition coefficient (Wildman–Crippen LogP) is 5.10. The highest BCUT2D eigenvalue weighted by molar-refractivity contribution is 7.99. The van der Waals surface area contributed by atoms with Crippen LogP contribution in [0.4, 0.5) is 4.39 Å². The van der Waals surface area contributed by atoms with Gasteiger partial charge in [-0.3, -0.25) is 4.79 Å². The molecule has 1 N–H and O–H groups in total. The van der Waals surface area contributed by atoms with Crippen LogP contribution < -0.4 is 5.56 Å². The number of rotatable bonds is 3. The van der Waals surface area contributed by atoms with Gasteiger partial charge in [0.25, 0.3) is 5.56 Å². The molecule has 0 aliphatic heterocycles. The van der Waals surface area contributed by atoms with Gasteiger partial charge >= 0.3 is 0 Å². The number of hydrogen-bond acceptors (Lipinski definition) is 4. The van der Waals surface area contributed by atoms with Gasteiger partial charge in [-0.1, -0.05) is 6.92 Å². The minimum Gasteiger partial charge on any atom is -0.309 e. The number of benzene rings is 1. The number of aromatic amines is 1. The Hall–Kier alpha value is -1.66. The summed E-state index contributed by atoms with van der Waals surface area (Å²) in [5.41, 5.74) is 1.18. The van der Waals surface area contributed by atoms with Crippen molar-refractivity contribution in [2.24, 2.45) is 5.92 Å². The van der Waals surface area contributed by atoms with E-state index in [1.54, 1.807) is 35.2 Å². The Bertz CT molecular complexity index is 977. The van der Waals surface area contributed by atoms with Crippen LogP contribution in [0.3, 0.4) is 0 Å². The van der Waals surface area contributed by atoms with Gasteiger partial charge in [0.2, 0.25) is 0 Å². The highest BCUT2D eigenvalue weighted by Gasteiger charge is 2.23. The maximum absolute atomic E-state index is 13.0. The first-order chi connectivity index (χ1) is 12.0. The molecule has 2 aromatic heterocycles. The van der Waals surface area contributed by atoms with Crippen LogP contribution in [-0.4, -0.2) is 9.97 Å². The number of thiophene rings is 1. The Morgan fingerprint density at radius 1 is 1.36 bits per heavy atom. The molecule has 130 valence electrons. The number of thioether (sulfide) groups is 1. The number of fused-ring (bicyclic) bond motifs is 3. The summed E-state index contributed by atoms with van der Waals surface area (Å²) in [5.74, 6) is 1.11. The molecule has 0 bridgehead atoms. The van der Waals surface area contributed by atoms with Crippen molar-refractivity contribution in [1.82, 2.24) is 9.97 Å². The molecule has 3 nitrogen and oxygen atoms in total. The molecule has 3 aromatic rings. The van der Waals surface area contributed by atoms with Crippen LogP contribution in [0.5, 0.6) is 0 Å². The second-order valence-corrected chi connectivity index (χ2v) is 9.19. The number of H-pyrrole nitrogens is 1. The lowest BCUT2D eigenvalue weighted by Gasteiger charge is -2.17. The maximum Gasteiger partial charge on any atom is 0.259 e. The SMILES string of the molecule is C[C@H]1CCc2c(sc3nc([C@@H](C)Sc4ccc(F)cc4)[nH]c(=O)c23)C1. The second-order valence-electron chi connectivity index (χ2n) is 6.70. The zero-order valence-corrected chi connectivity index (χ0v) is 15.8. The molecule has 0 amide bonds. The lowest BCUT2D eigenvalue weighted by Crippen LogP contribution is -2.15. The van der Waals surface area contributed by atoms with Crippen molar-refractivity contribution >= 4 is 33.3 Å². The van der Waals surface area contributed by atoms with Gasteiger partial charge in [0.05, 0.1) is 10.6 Å². The third-order valence-corrected chi connectivity index (χ3v) is 6.96. The number of nitrogens with one attached hydrogen (secondary N) is 1. The summed E-state index contributed by atoms with van der Waals surface area (Å²) < 4.78 is 13.0. The first-order valence-electron chi connectivity index (χ1n) is 8.48. The Kier molecular flexibility index (Phi) is 4.41. The number of aromatic nitrogens is 2. The molecule has 0 unspecified atom stereocenters. The zero-order valence-electron chi connectivity index (χ0n) is 14.1. The van der Waals surface area contributed by atoms with Gasteiger partial charge in [0.15, 0.2) is 0 Å². The molecular formula is C19H19FN2OS2. The molecule has 25 heavy (non-hydrogen) atoms. The summed E-state index contributed by atoms with van der Waals surface area (Å²) in [6.45, 7) is 4.27. The summed E-state index contributed by atoms with van der Waals surface area (Å²) in [4.78, 5) is 23.5. The molecule has 6 heteroatoms. The fourth-order valence-corrected chi connectivity index (χ4v) is 5.65. The van der Waals surface area contributed by atoms with Gasteiger partial charge in [0.1, 0.15) is 16.5 Å². The fourth-order valence-electron chi connectivity index (χ4n) is 3.33. The summed E-state index contributed by atoms with van der Waals surface area (Å²) in [5, 5.41) is 0.773. The van der Waals surface area contributed by atoms with Gasteiger partial charge in [0, 0.05) is 9.77 Å². The van der Waals surface area contributed by atoms with Crippen LogP contribution in [-0.2, 0) is 12.8 Å². The van der Waals surface area contributed by atoms with Crippen molar-refractivity contribution in [2.45, 2.75) is 43.3 Å². The zero-order chi connectivity index (χ0) is 17.6. The van der Waals surface area contributed by atoms with Crippen LogP contribution in [0.15, 0.2) is 34.0 Å². The Morgan fingerprint density at radius 3 is 2.88 bits per heavy atom. The monoisotopic (exact) mass is 374 g/mol. The van der Waals surface area contributed by atoms with E-state index in [1.165, 1.54) is 22.6 Å². The minimum absolute atomic E-state index is 0.0133. The van der Waals surface area contributed by atoms with Gasteiger partial charge in [-0.2, -0.15) is 0 Å². The van der Waals surface area contributed by atoms with E-state index in [0.29, 0.717) is 11.7 Å².